The van der Waals surface area contributed by atoms with Crippen LogP contribution in [0.4, 0.5) is 0 Å². The van der Waals surface area contributed by atoms with E-state index in [4.69, 9.17) is 4.98 Å². The molecule has 0 radical (unpaired) electrons. The second-order valence-corrected chi connectivity index (χ2v) is 9.67. The van der Waals surface area contributed by atoms with Gasteiger partial charge in [-0.3, -0.25) is 4.57 Å². The van der Waals surface area contributed by atoms with E-state index in [9.17, 15) is 0 Å². The number of pyridine rings is 1. The standard InChI is InChI=1S/C35H23N3/c1-3-11-25(12-4-1)37-32-19-8-7-15-28(32)31-23-24(20-21-33(31)37)27-16-9-17-29-30-18-10-22-36-35(30)38(34(27)29)26-13-5-2-6-14-26/h1-23H. The van der Waals surface area contributed by atoms with Crippen LogP contribution in [-0.2, 0) is 0 Å². The van der Waals surface area contributed by atoms with E-state index in [2.05, 4.69) is 137 Å². The molecule has 0 bridgehead atoms. The molecule has 178 valence electrons. The first kappa shape index (κ1) is 21.0. The molecule has 0 amide bonds. The molecule has 0 spiro atoms. The highest BCUT2D eigenvalue weighted by molar-refractivity contribution is 6.15. The van der Waals surface area contributed by atoms with Crippen LogP contribution in [0.15, 0.2) is 140 Å². The summed E-state index contributed by atoms with van der Waals surface area (Å²) in [6.07, 6.45) is 1.88. The molecule has 8 aromatic rings. The van der Waals surface area contributed by atoms with Gasteiger partial charge in [0.1, 0.15) is 5.65 Å². The highest BCUT2D eigenvalue weighted by atomic mass is 15.0. The Morgan fingerprint density at radius 3 is 1.92 bits per heavy atom. The first-order valence-corrected chi connectivity index (χ1v) is 12.9. The molecule has 3 heterocycles. The fourth-order valence-electron chi connectivity index (χ4n) is 5.95. The zero-order valence-corrected chi connectivity index (χ0v) is 20.6. The first-order valence-electron chi connectivity index (χ1n) is 12.9. The molecular formula is C35H23N3. The Kier molecular flexibility index (Phi) is 4.52. The van der Waals surface area contributed by atoms with Gasteiger partial charge in [0.25, 0.3) is 0 Å². The van der Waals surface area contributed by atoms with Crippen LogP contribution in [0.2, 0.25) is 0 Å². The van der Waals surface area contributed by atoms with Crippen molar-refractivity contribution >= 4 is 43.7 Å². The molecule has 0 aliphatic heterocycles. The number of rotatable bonds is 3. The van der Waals surface area contributed by atoms with Crippen molar-refractivity contribution in [3.63, 3.8) is 0 Å². The Hall–Kier alpha value is -5.15. The van der Waals surface area contributed by atoms with Crippen molar-refractivity contribution in [1.29, 1.82) is 0 Å². The van der Waals surface area contributed by atoms with Gasteiger partial charge in [0.2, 0.25) is 0 Å². The van der Waals surface area contributed by atoms with Gasteiger partial charge in [-0.2, -0.15) is 0 Å². The minimum absolute atomic E-state index is 0.975. The molecule has 3 nitrogen and oxygen atoms in total. The number of fused-ring (bicyclic) bond motifs is 6. The van der Waals surface area contributed by atoms with E-state index in [1.54, 1.807) is 0 Å². The van der Waals surface area contributed by atoms with Gasteiger partial charge in [0.15, 0.2) is 0 Å². The van der Waals surface area contributed by atoms with Gasteiger partial charge in [-0.25, -0.2) is 4.98 Å². The van der Waals surface area contributed by atoms with E-state index in [1.165, 1.54) is 49.5 Å². The van der Waals surface area contributed by atoms with Crippen LogP contribution in [0, 0.1) is 0 Å². The summed E-state index contributed by atoms with van der Waals surface area (Å²) in [5.41, 5.74) is 9.25. The highest BCUT2D eigenvalue weighted by Crippen LogP contribution is 2.40. The van der Waals surface area contributed by atoms with E-state index >= 15 is 0 Å². The van der Waals surface area contributed by atoms with E-state index in [0.29, 0.717) is 0 Å². The Balaban J connectivity index is 1.46. The summed E-state index contributed by atoms with van der Waals surface area (Å²) >= 11 is 0. The second-order valence-electron chi connectivity index (χ2n) is 9.67. The van der Waals surface area contributed by atoms with Crippen LogP contribution in [0.5, 0.6) is 0 Å². The fourth-order valence-corrected chi connectivity index (χ4v) is 5.95. The van der Waals surface area contributed by atoms with Gasteiger partial charge < -0.3 is 4.57 Å². The third-order valence-corrected chi connectivity index (χ3v) is 7.56. The van der Waals surface area contributed by atoms with Crippen molar-refractivity contribution in [2.75, 3.05) is 0 Å². The van der Waals surface area contributed by atoms with Crippen molar-refractivity contribution < 1.29 is 0 Å². The molecule has 0 fully saturated rings. The third-order valence-electron chi connectivity index (χ3n) is 7.56. The second kappa shape index (κ2) is 8.19. The molecule has 0 N–H and O–H groups in total. The number of aromatic nitrogens is 3. The van der Waals surface area contributed by atoms with Crippen LogP contribution in [0.25, 0.3) is 66.2 Å². The highest BCUT2D eigenvalue weighted by Gasteiger charge is 2.18. The SMILES string of the molecule is c1ccc(-n2c3ccccc3c3cc(-c4cccc5c6cccnc6n(-c6ccccc6)c45)ccc32)cc1. The maximum absolute atomic E-state index is 4.82. The Morgan fingerprint density at radius 2 is 1.11 bits per heavy atom. The van der Waals surface area contributed by atoms with Crippen LogP contribution < -0.4 is 0 Å². The number of benzene rings is 5. The van der Waals surface area contributed by atoms with Crippen LogP contribution in [0.3, 0.4) is 0 Å². The predicted molar refractivity (Wildman–Crippen MR) is 158 cm³/mol. The molecule has 0 aliphatic rings. The van der Waals surface area contributed by atoms with Gasteiger partial charge in [-0.1, -0.05) is 78.9 Å². The van der Waals surface area contributed by atoms with E-state index < -0.39 is 0 Å². The molecule has 38 heavy (non-hydrogen) atoms. The largest absolute Gasteiger partial charge is 0.309 e. The lowest BCUT2D eigenvalue weighted by Gasteiger charge is -2.12. The molecule has 0 unspecified atom stereocenters. The fraction of sp³-hybridized carbons (Fsp3) is 0. The summed E-state index contributed by atoms with van der Waals surface area (Å²) in [5.74, 6) is 0. The Morgan fingerprint density at radius 1 is 0.447 bits per heavy atom. The summed E-state index contributed by atoms with van der Waals surface area (Å²) in [6, 6.07) is 47.5. The Labute approximate surface area is 219 Å². The average molecular weight is 486 g/mol. The van der Waals surface area contributed by atoms with Crippen molar-refractivity contribution in [2.45, 2.75) is 0 Å². The number of nitrogens with zero attached hydrogens (tertiary/aromatic N) is 3. The minimum atomic E-state index is 0.975. The maximum Gasteiger partial charge on any atom is 0.145 e. The zero-order chi connectivity index (χ0) is 25.1. The van der Waals surface area contributed by atoms with Crippen molar-refractivity contribution in [3.8, 4) is 22.5 Å². The quantitative estimate of drug-likeness (QED) is 0.245. The Bertz CT molecular complexity index is 2120. The normalized spacial score (nSPS) is 11.7. The van der Waals surface area contributed by atoms with Crippen molar-refractivity contribution in [2.24, 2.45) is 0 Å². The lowest BCUT2D eigenvalue weighted by Crippen LogP contribution is -1.96. The van der Waals surface area contributed by atoms with Gasteiger partial charge >= 0.3 is 0 Å². The lowest BCUT2D eigenvalue weighted by molar-refractivity contribution is 1.14. The minimum Gasteiger partial charge on any atom is -0.309 e. The summed E-state index contributed by atoms with van der Waals surface area (Å²) in [6.45, 7) is 0. The van der Waals surface area contributed by atoms with Gasteiger partial charge in [0, 0.05) is 44.7 Å². The van der Waals surface area contributed by atoms with Crippen LogP contribution in [0.1, 0.15) is 0 Å². The average Bonchev–Trinajstić information content (AvgIpc) is 3.51. The van der Waals surface area contributed by atoms with Crippen molar-refractivity contribution in [3.05, 3.63) is 140 Å². The monoisotopic (exact) mass is 485 g/mol. The molecular weight excluding hydrogens is 462 g/mol. The molecule has 8 rings (SSSR count). The van der Waals surface area contributed by atoms with Crippen LogP contribution >= 0.6 is 0 Å². The molecule has 0 saturated heterocycles. The van der Waals surface area contributed by atoms with E-state index in [-0.39, 0.29) is 0 Å². The van der Waals surface area contributed by atoms with E-state index in [0.717, 1.165) is 16.7 Å². The molecule has 5 aromatic carbocycles. The van der Waals surface area contributed by atoms with Gasteiger partial charge in [-0.05, 0) is 60.2 Å². The molecule has 0 saturated carbocycles. The summed E-state index contributed by atoms with van der Waals surface area (Å²) in [5, 5.41) is 4.88. The van der Waals surface area contributed by atoms with Gasteiger partial charge in [0.05, 0.1) is 16.6 Å². The maximum atomic E-state index is 4.82. The summed E-state index contributed by atoms with van der Waals surface area (Å²) < 4.78 is 4.66. The number of hydrogen-bond donors (Lipinski definition) is 0. The first-order chi connectivity index (χ1) is 18.9. The molecule has 0 aliphatic carbocycles. The molecule has 0 atom stereocenters. The zero-order valence-electron chi connectivity index (χ0n) is 20.6. The number of hydrogen-bond acceptors (Lipinski definition) is 1. The van der Waals surface area contributed by atoms with E-state index in [1.807, 2.05) is 12.3 Å². The summed E-state index contributed by atoms with van der Waals surface area (Å²) in [4.78, 5) is 4.82. The smallest absolute Gasteiger partial charge is 0.145 e. The van der Waals surface area contributed by atoms with Crippen molar-refractivity contribution in [1.82, 2.24) is 14.1 Å². The molecule has 3 aromatic heterocycles. The summed E-state index contributed by atoms with van der Waals surface area (Å²) in [7, 11) is 0. The topological polar surface area (TPSA) is 22.8 Å². The van der Waals surface area contributed by atoms with Gasteiger partial charge in [-0.15, -0.1) is 0 Å². The number of para-hydroxylation sites is 4. The molecule has 3 heteroatoms. The predicted octanol–water partition coefficient (Wildman–Crippen LogP) is 8.94. The lowest BCUT2D eigenvalue weighted by atomic mass is 10.00. The van der Waals surface area contributed by atoms with Crippen LogP contribution in [-0.4, -0.2) is 14.1 Å². The third kappa shape index (κ3) is 2.99.